The van der Waals surface area contributed by atoms with Crippen LogP contribution < -0.4 is 4.90 Å². The third-order valence-electron chi connectivity index (χ3n) is 3.16. The predicted octanol–water partition coefficient (Wildman–Crippen LogP) is 4.00. The van der Waals surface area contributed by atoms with Crippen LogP contribution in [0.25, 0.3) is 0 Å². The molecule has 21 heavy (non-hydrogen) atoms. The molecule has 110 valence electrons. The Labute approximate surface area is 130 Å². The number of anilines is 1. The summed E-state index contributed by atoms with van der Waals surface area (Å²) in [6.45, 7) is 2.18. The van der Waals surface area contributed by atoms with Crippen LogP contribution in [0.4, 0.5) is 5.69 Å². The predicted molar refractivity (Wildman–Crippen MR) is 89.9 cm³/mol. The number of nitrogens with zero attached hydrogens (tertiary/aromatic N) is 2. The van der Waals surface area contributed by atoms with Gasteiger partial charge in [0.1, 0.15) is 0 Å². The molecule has 2 aromatic rings. The van der Waals surface area contributed by atoms with Gasteiger partial charge >= 0.3 is 0 Å². The van der Waals surface area contributed by atoms with Gasteiger partial charge in [0, 0.05) is 24.6 Å². The topological polar surface area (TPSA) is 33.2 Å². The first-order chi connectivity index (χ1) is 10.2. The number of amides is 1. The maximum atomic E-state index is 12.4. The molecule has 1 amide bonds. The zero-order chi connectivity index (χ0) is 15.1. The van der Waals surface area contributed by atoms with Crippen LogP contribution in [0, 0.1) is 0 Å². The van der Waals surface area contributed by atoms with Crippen molar-refractivity contribution in [1.82, 2.24) is 4.98 Å². The Kier molecular flexibility index (Phi) is 5.81. The summed E-state index contributed by atoms with van der Waals surface area (Å²) in [5.41, 5.74) is 2.75. The Morgan fingerprint density at radius 3 is 2.62 bits per heavy atom. The Hall–Kier alpha value is -1.81. The fourth-order valence-electron chi connectivity index (χ4n) is 1.94. The van der Waals surface area contributed by atoms with E-state index in [4.69, 9.17) is 0 Å². The van der Waals surface area contributed by atoms with Gasteiger partial charge in [-0.2, -0.15) is 11.8 Å². The molecule has 0 saturated carbocycles. The molecule has 1 aromatic carbocycles. The minimum Gasteiger partial charge on any atom is -0.310 e. The Morgan fingerprint density at radius 2 is 2.00 bits per heavy atom. The zero-order valence-corrected chi connectivity index (χ0v) is 13.3. The summed E-state index contributed by atoms with van der Waals surface area (Å²) >= 11 is 1.92. The van der Waals surface area contributed by atoms with E-state index in [0.29, 0.717) is 5.56 Å². The molecule has 4 heteroatoms. The summed E-state index contributed by atoms with van der Waals surface area (Å²) in [5, 5.41) is 0. The van der Waals surface area contributed by atoms with Gasteiger partial charge in [-0.05, 0) is 42.0 Å². The van der Waals surface area contributed by atoms with Gasteiger partial charge in [-0.15, -0.1) is 0 Å². The molecule has 0 aliphatic rings. The average molecular weight is 300 g/mol. The second-order valence-electron chi connectivity index (χ2n) is 4.82. The number of benzene rings is 1. The molecule has 0 saturated heterocycles. The molecule has 0 radical (unpaired) electrons. The van der Waals surface area contributed by atoms with Gasteiger partial charge in [-0.1, -0.05) is 19.1 Å². The van der Waals surface area contributed by atoms with Crippen LogP contribution in [-0.4, -0.2) is 23.7 Å². The van der Waals surface area contributed by atoms with Crippen molar-refractivity contribution in [2.24, 2.45) is 0 Å². The SMILES string of the molecule is CCCSCc1ccc(C(=O)N(C)c2cccnc2)cc1. The van der Waals surface area contributed by atoms with E-state index in [2.05, 4.69) is 11.9 Å². The Bertz CT molecular complexity index is 569. The van der Waals surface area contributed by atoms with E-state index in [1.165, 1.54) is 17.7 Å². The van der Waals surface area contributed by atoms with Crippen LogP contribution in [0.1, 0.15) is 29.3 Å². The van der Waals surface area contributed by atoms with Crippen LogP contribution in [0.2, 0.25) is 0 Å². The highest BCUT2D eigenvalue weighted by Gasteiger charge is 2.13. The summed E-state index contributed by atoms with van der Waals surface area (Å²) in [5.74, 6) is 2.15. The monoisotopic (exact) mass is 300 g/mol. The van der Waals surface area contributed by atoms with Crippen LogP contribution in [0.3, 0.4) is 0 Å². The quantitative estimate of drug-likeness (QED) is 0.756. The number of hydrogen-bond donors (Lipinski definition) is 0. The molecular weight excluding hydrogens is 280 g/mol. The first-order valence-electron chi connectivity index (χ1n) is 7.07. The van der Waals surface area contributed by atoms with Crippen molar-refractivity contribution in [3.8, 4) is 0 Å². The highest BCUT2D eigenvalue weighted by atomic mass is 32.2. The smallest absolute Gasteiger partial charge is 0.258 e. The highest BCUT2D eigenvalue weighted by molar-refractivity contribution is 7.98. The minimum atomic E-state index is -0.0178. The van der Waals surface area contributed by atoms with Gasteiger partial charge in [0.25, 0.3) is 5.91 Å². The van der Waals surface area contributed by atoms with Gasteiger partial charge < -0.3 is 4.90 Å². The second-order valence-corrected chi connectivity index (χ2v) is 5.93. The van der Waals surface area contributed by atoms with Crippen molar-refractivity contribution in [3.63, 3.8) is 0 Å². The number of carbonyl (C=O) groups is 1. The fraction of sp³-hybridized carbons (Fsp3) is 0.294. The van der Waals surface area contributed by atoms with Crippen molar-refractivity contribution in [1.29, 1.82) is 0 Å². The molecule has 2 rings (SSSR count). The lowest BCUT2D eigenvalue weighted by molar-refractivity contribution is 0.0993. The largest absolute Gasteiger partial charge is 0.310 e. The molecule has 0 bridgehead atoms. The summed E-state index contributed by atoms with van der Waals surface area (Å²) < 4.78 is 0. The summed E-state index contributed by atoms with van der Waals surface area (Å²) in [7, 11) is 1.77. The third-order valence-corrected chi connectivity index (χ3v) is 4.39. The minimum absolute atomic E-state index is 0.0178. The number of carbonyl (C=O) groups excluding carboxylic acids is 1. The summed E-state index contributed by atoms with van der Waals surface area (Å²) in [4.78, 5) is 18.1. The maximum Gasteiger partial charge on any atom is 0.258 e. The number of rotatable bonds is 6. The van der Waals surface area contributed by atoms with Gasteiger partial charge in [-0.25, -0.2) is 0 Å². The molecule has 0 spiro atoms. The maximum absolute atomic E-state index is 12.4. The molecule has 0 unspecified atom stereocenters. The molecule has 1 aromatic heterocycles. The zero-order valence-electron chi connectivity index (χ0n) is 12.5. The highest BCUT2D eigenvalue weighted by Crippen LogP contribution is 2.17. The van der Waals surface area contributed by atoms with E-state index >= 15 is 0 Å². The lowest BCUT2D eigenvalue weighted by Crippen LogP contribution is -2.26. The molecule has 0 fully saturated rings. The lowest BCUT2D eigenvalue weighted by Gasteiger charge is -2.17. The van der Waals surface area contributed by atoms with Crippen LogP contribution in [0.5, 0.6) is 0 Å². The first kappa shape index (κ1) is 15.6. The third kappa shape index (κ3) is 4.33. The molecule has 0 N–H and O–H groups in total. The Morgan fingerprint density at radius 1 is 1.24 bits per heavy atom. The van der Waals surface area contributed by atoms with Crippen molar-refractivity contribution in [3.05, 3.63) is 59.9 Å². The number of aromatic nitrogens is 1. The van der Waals surface area contributed by atoms with E-state index in [0.717, 1.165) is 11.4 Å². The average Bonchev–Trinajstić information content (AvgIpc) is 2.55. The molecule has 0 atom stereocenters. The van der Waals surface area contributed by atoms with Crippen molar-refractivity contribution in [2.75, 3.05) is 17.7 Å². The first-order valence-corrected chi connectivity index (χ1v) is 8.22. The molecule has 1 heterocycles. The molecule has 0 aliphatic heterocycles. The fourth-order valence-corrected chi connectivity index (χ4v) is 2.80. The van der Waals surface area contributed by atoms with Crippen molar-refractivity contribution < 1.29 is 4.79 Å². The normalized spacial score (nSPS) is 10.4. The van der Waals surface area contributed by atoms with Gasteiger partial charge in [0.05, 0.1) is 11.9 Å². The second kappa shape index (κ2) is 7.84. The van der Waals surface area contributed by atoms with Crippen LogP contribution in [0.15, 0.2) is 48.8 Å². The van der Waals surface area contributed by atoms with Gasteiger partial charge in [0.2, 0.25) is 0 Å². The van der Waals surface area contributed by atoms with Crippen LogP contribution >= 0.6 is 11.8 Å². The van der Waals surface area contributed by atoms with E-state index < -0.39 is 0 Å². The van der Waals surface area contributed by atoms with E-state index in [1.54, 1.807) is 24.3 Å². The van der Waals surface area contributed by atoms with E-state index in [-0.39, 0.29) is 5.91 Å². The van der Waals surface area contributed by atoms with Crippen LogP contribution in [-0.2, 0) is 5.75 Å². The van der Waals surface area contributed by atoms with E-state index in [1.807, 2.05) is 48.2 Å². The summed E-state index contributed by atoms with van der Waals surface area (Å²) in [6.07, 6.45) is 4.58. The molecule has 3 nitrogen and oxygen atoms in total. The van der Waals surface area contributed by atoms with Gasteiger partial charge in [-0.3, -0.25) is 9.78 Å². The van der Waals surface area contributed by atoms with Crippen molar-refractivity contribution >= 4 is 23.4 Å². The number of hydrogen-bond acceptors (Lipinski definition) is 3. The Balaban J connectivity index is 2.03. The number of thioether (sulfide) groups is 1. The summed E-state index contributed by atoms with van der Waals surface area (Å²) in [6, 6.07) is 11.6. The molecular formula is C17H20N2OS. The van der Waals surface area contributed by atoms with E-state index in [9.17, 15) is 4.79 Å². The van der Waals surface area contributed by atoms with Gasteiger partial charge in [0.15, 0.2) is 0 Å². The standard InChI is InChI=1S/C17H20N2OS/c1-3-11-21-13-14-6-8-15(9-7-14)17(20)19(2)16-5-4-10-18-12-16/h4-10,12H,3,11,13H2,1-2H3. The van der Waals surface area contributed by atoms with Crippen molar-refractivity contribution in [2.45, 2.75) is 19.1 Å². The lowest BCUT2D eigenvalue weighted by atomic mass is 10.1. The number of pyridine rings is 1. The molecule has 0 aliphatic carbocycles.